The Balaban J connectivity index is 2.84. The summed E-state index contributed by atoms with van der Waals surface area (Å²) in [7, 11) is -1.98. The van der Waals surface area contributed by atoms with Crippen molar-refractivity contribution in [1.29, 1.82) is 0 Å². The molecule has 3 nitrogen and oxygen atoms in total. The van der Waals surface area contributed by atoms with Crippen LogP contribution in [0.3, 0.4) is 0 Å². The molecule has 0 aliphatic rings. The number of nitrogens with one attached hydrogen (secondary N) is 1. The Kier molecular flexibility index (Phi) is 7.15. The number of unbranched alkanes of at least 4 members (excludes halogenated alkanes) is 2. The Bertz CT molecular complexity index is 97.7. The van der Waals surface area contributed by atoms with Crippen LogP contribution in [0.2, 0.25) is 0 Å². The van der Waals surface area contributed by atoms with Gasteiger partial charge in [-0.05, 0) is 17.5 Å². The van der Waals surface area contributed by atoms with Crippen molar-refractivity contribution in [3.05, 3.63) is 0 Å². The van der Waals surface area contributed by atoms with Gasteiger partial charge >= 0.3 is 8.03 Å². The average molecular weight is 164 g/mol. The fourth-order valence-electron chi connectivity index (χ4n) is 0.675. The number of hydrogen-bond donors (Lipinski definition) is 2. The molecule has 0 saturated carbocycles. The predicted octanol–water partition coefficient (Wildman–Crippen LogP) is 1.46. The molecule has 0 bridgehead atoms. The van der Waals surface area contributed by atoms with Gasteiger partial charge in [0.15, 0.2) is 0 Å². The van der Waals surface area contributed by atoms with Crippen LogP contribution in [0.5, 0.6) is 0 Å². The van der Waals surface area contributed by atoms with E-state index in [1.54, 1.807) is 0 Å². The molecule has 60 valence electrons. The fourth-order valence-corrected chi connectivity index (χ4v) is 1.02. The molecule has 0 fully saturated rings. The summed E-state index contributed by atoms with van der Waals surface area (Å²) >= 11 is 0. The maximum Gasteiger partial charge on any atom is 0.521 e. The second-order valence-electron chi connectivity index (χ2n) is 2.22. The molecule has 0 aromatic rings. The Morgan fingerprint density at radius 2 is 2.20 bits per heavy atom. The second kappa shape index (κ2) is 7.13. The lowest BCUT2D eigenvalue weighted by molar-refractivity contribution is 0.495. The van der Waals surface area contributed by atoms with Gasteiger partial charge in [0.1, 0.15) is 0 Å². The third kappa shape index (κ3) is 8.02. The van der Waals surface area contributed by atoms with E-state index in [0.29, 0.717) is 0 Å². The SMILES string of the molecule is CCCCCNC[P+](=O)O. The van der Waals surface area contributed by atoms with Crippen molar-refractivity contribution in [2.75, 3.05) is 12.8 Å². The van der Waals surface area contributed by atoms with Crippen molar-refractivity contribution in [3.8, 4) is 0 Å². The van der Waals surface area contributed by atoms with Crippen LogP contribution in [0.1, 0.15) is 26.2 Å². The maximum atomic E-state index is 10.1. The molecule has 0 aromatic heterocycles. The second-order valence-corrected chi connectivity index (χ2v) is 3.24. The Labute approximate surface area is 62.7 Å². The molecule has 4 heteroatoms. The Hall–Kier alpha value is 0.0200. The van der Waals surface area contributed by atoms with Crippen LogP contribution < -0.4 is 5.32 Å². The highest BCUT2D eigenvalue weighted by Crippen LogP contribution is 2.08. The number of hydrogen-bond acceptors (Lipinski definition) is 2. The fraction of sp³-hybridized carbons (Fsp3) is 1.00. The van der Waals surface area contributed by atoms with Gasteiger partial charge in [-0.3, -0.25) is 5.32 Å². The van der Waals surface area contributed by atoms with Gasteiger partial charge < -0.3 is 0 Å². The molecular formula is C6H15NO2P+. The van der Waals surface area contributed by atoms with Gasteiger partial charge in [-0.25, -0.2) is 0 Å². The van der Waals surface area contributed by atoms with Crippen molar-refractivity contribution in [3.63, 3.8) is 0 Å². The quantitative estimate of drug-likeness (QED) is 0.461. The largest absolute Gasteiger partial charge is 0.521 e. The smallest absolute Gasteiger partial charge is 0.274 e. The maximum absolute atomic E-state index is 10.1. The standard InChI is InChI=1S/C6H14NO2P/c1-2-3-4-5-7-6-10(8)9/h7H,2-6H2,1H3/p+1. The van der Waals surface area contributed by atoms with Gasteiger partial charge in [-0.1, -0.05) is 19.8 Å². The van der Waals surface area contributed by atoms with E-state index in [0.717, 1.165) is 13.0 Å². The van der Waals surface area contributed by atoms with E-state index < -0.39 is 8.03 Å². The minimum absolute atomic E-state index is 0.235. The Morgan fingerprint density at radius 3 is 2.70 bits per heavy atom. The van der Waals surface area contributed by atoms with Gasteiger partial charge in [-0.2, -0.15) is 4.89 Å². The van der Waals surface area contributed by atoms with Crippen LogP contribution in [0.4, 0.5) is 0 Å². The highest BCUT2D eigenvalue weighted by molar-refractivity contribution is 7.37. The summed E-state index contributed by atoms with van der Waals surface area (Å²) in [6.07, 6.45) is 3.71. The monoisotopic (exact) mass is 164 g/mol. The summed E-state index contributed by atoms with van der Waals surface area (Å²) in [6, 6.07) is 0. The van der Waals surface area contributed by atoms with Gasteiger partial charge in [-0.15, -0.1) is 0 Å². The van der Waals surface area contributed by atoms with Crippen molar-refractivity contribution in [2.45, 2.75) is 26.2 Å². The van der Waals surface area contributed by atoms with Crippen molar-refractivity contribution < 1.29 is 9.46 Å². The first-order valence-corrected chi connectivity index (χ1v) is 5.01. The molecule has 1 unspecified atom stereocenters. The summed E-state index contributed by atoms with van der Waals surface area (Å²) in [6.45, 7) is 2.99. The summed E-state index contributed by atoms with van der Waals surface area (Å²) < 4.78 is 10.1. The third-order valence-electron chi connectivity index (χ3n) is 1.20. The first kappa shape index (κ1) is 10.0. The normalized spacial score (nSPS) is 11.6. The van der Waals surface area contributed by atoms with Gasteiger partial charge in [0.25, 0.3) is 0 Å². The van der Waals surface area contributed by atoms with Crippen molar-refractivity contribution in [1.82, 2.24) is 5.32 Å². The van der Waals surface area contributed by atoms with Crippen molar-refractivity contribution >= 4 is 8.03 Å². The lowest BCUT2D eigenvalue weighted by Crippen LogP contribution is -2.13. The molecule has 10 heavy (non-hydrogen) atoms. The topological polar surface area (TPSA) is 49.3 Å². The molecule has 0 aliphatic carbocycles. The molecule has 0 radical (unpaired) electrons. The van der Waals surface area contributed by atoms with E-state index in [-0.39, 0.29) is 6.29 Å². The van der Waals surface area contributed by atoms with Gasteiger partial charge in [0.2, 0.25) is 6.29 Å². The molecule has 1 atom stereocenters. The molecule has 0 aliphatic heterocycles. The molecule has 0 heterocycles. The van der Waals surface area contributed by atoms with Crippen molar-refractivity contribution in [2.24, 2.45) is 0 Å². The van der Waals surface area contributed by atoms with Crippen LogP contribution in [0, 0.1) is 0 Å². The van der Waals surface area contributed by atoms with Crippen LogP contribution >= 0.6 is 8.03 Å². The van der Waals surface area contributed by atoms with E-state index in [4.69, 9.17) is 4.89 Å². The summed E-state index contributed by atoms with van der Waals surface area (Å²) in [4.78, 5) is 8.36. The molecule has 0 aromatic carbocycles. The molecule has 2 N–H and O–H groups in total. The van der Waals surface area contributed by atoms with E-state index in [1.165, 1.54) is 12.8 Å². The molecule has 0 amide bonds. The van der Waals surface area contributed by atoms with E-state index in [1.807, 2.05) is 0 Å². The third-order valence-corrected chi connectivity index (χ3v) is 1.70. The zero-order valence-electron chi connectivity index (χ0n) is 6.34. The first-order valence-electron chi connectivity index (χ1n) is 3.61. The molecule has 0 spiro atoms. The lowest BCUT2D eigenvalue weighted by atomic mass is 10.2. The van der Waals surface area contributed by atoms with E-state index in [9.17, 15) is 4.57 Å². The van der Waals surface area contributed by atoms with E-state index >= 15 is 0 Å². The minimum atomic E-state index is -1.98. The van der Waals surface area contributed by atoms with Crippen LogP contribution in [-0.4, -0.2) is 17.7 Å². The Morgan fingerprint density at radius 1 is 1.50 bits per heavy atom. The molecular weight excluding hydrogens is 149 g/mol. The molecule has 0 rings (SSSR count). The van der Waals surface area contributed by atoms with Gasteiger partial charge in [0.05, 0.1) is 0 Å². The minimum Gasteiger partial charge on any atom is -0.274 e. The average Bonchev–Trinajstić information content (AvgIpc) is 1.87. The van der Waals surface area contributed by atoms with Crippen LogP contribution in [0.25, 0.3) is 0 Å². The predicted molar refractivity (Wildman–Crippen MR) is 42.2 cm³/mol. The summed E-state index contributed by atoms with van der Waals surface area (Å²) in [5.41, 5.74) is 0. The van der Waals surface area contributed by atoms with Crippen LogP contribution in [0.15, 0.2) is 0 Å². The van der Waals surface area contributed by atoms with E-state index in [2.05, 4.69) is 12.2 Å². The summed E-state index contributed by atoms with van der Waals surface area (Å²) in [5.74, 6) is 0. The summed E-state index contributed by atoms with van der Waals surface area (Å²) in [5, 5.41) is 2.89. The lowest BCUT2D eigenvalue weighted by Gasteiger charge is -1.94. The highest BCUT2D eigenvalue weighted by Gasteiger charge is 2.06. The zero-order chi connectivity index (χ0) is 7.82. The molecule has 0 saturated heterocycles. The zero-order valence-corrected chi connectivity index (χ0v) is 7.23. The van der Waals surface area contributed by atoms with Gasteiger partial charge in [0, 0.05) is 0 Å². The highest BCUT2D eigenvalue weighted by atomic mass is 31.1. The number of rotatable bonds is 6. The van der Waals surface area contributed by atoms with Crippen LogP contribution in [-0.2, 0) is 4.57 Å². The first-order chi connectivity index (χ1) is 4.77.